The van der Waals surface area contributed by atoms with Crippen molar-refractivity contribution in [2.75, 3.05) is 20.2 Å². The molecule has 2 heterocycles. The molecule has 0 saturated carbocycles. The van der Waals surface area contributed by atoms with Crippen LogP contribution in [-0.2, 0) is 11.3 Å². The van der Waals surface area contributed by atoms with Gasteiger partial charge in [-0.15, -0.1) is 0 Å². The molecule has 0 N–H and O–H groups in total. The Morgan fingerprint density at radius 3 is 2.37 bits per heavy atom. The number of carbonyl (C=O) groups is 1. The Morgan fingerprint density at radius 2 is 1.66 bits per heavy atom. The molecule has 0 bridgehead atoms. The summed E-state index contributed by atoms with van der Waals surface area (Å²) in [4.78, 5) is 15.6. The van der Waals surface area contributed by atoms with Crippen molar-refractivity contribution in [2.24, 2.45) is 0 Å². The van der Waals surface area contributed by atoms with E-state index in [1.807, 2.05) is 83.9 Å². The third-order valence-corrected chi connectivity index (χ3v) is 6.37. The molecule has 1 saturated heterocycles. The van der Waals surface area contributed by atoms with Crippen LogP contribution >= 0.6 is 0 Å². The fourth-order valence-corrected chi connectivity index (χ4v) is 4.41. The van der Waals surface area contributed by atoms with Crippen LogP contribution in [0.3, 0.4) is 0 Å². The van der Waals surface area contributed by atoms with Crippen molar-refractivity contribution < 1.29 is 14.3 Å². The molecular formula is C29H29N3O3. The minimum atomic E-state index is -0.00786. The second-order valence-corrected chi connectivity index (χ2v) is 8.69. The summed E-state index contributed by atoms with van der Waals surface area (Å²) in [6, 6.07) is 27.7. The van der Waals surface area contributed by atoms with Gasteiger partial charge in [-0.2, -0.15) is 5.10 Å². The number of ether oxygens (including phenoxy) is 2. The van der Waals surface area contributed by atoms with Gasteiger partial charge in [0, 0.05) is 24.8 Å². The van der Waals surface area contributed by atoms with Gasteiger partial charge in [0.2, 0.25) is 0 Å². The van der Waals surface area contributed by atoms with E-state index in [1.54, 1.807) is 11.8 Å². The van der Waals surface area contributed by atoms with Crippen molar-refractivity contribution in [2.45, 2.75) is 25.6 Å². The highest BCUT2D eigenvalue weighted by Gasteiger charge is 2.28. The molecule has 1 aromatic heterocycles. The first kappa shape index (κ1) is 22.9. The van der Waals surface area contributed by atoms with E-state index < -0.39 is 0 Å². The monoisotopic (exact) mass is 467 g/mol. The van der Waals surface area contributed by atoms with Gasteiger partial charge < -0.3 is 14.4 Å². The fraction of sp³-hybridized carbons (Fsp3) is 0.241. The number of benzene rings is 3. The molecule has 5 rings (SSSR count). The number of aromatic nitrogens is 2. The molecular weight excluding hydrogens is 438 g/mol. The van der Waals surface area contributed by atoms with E-state index in [1.165, 1.54) is 5.56 Å². The van der Waals surface area contributed by atoms with Crippen LogP contribution in [0.2, 0.25) is 0 Å². The summed E-state index contributed by atoms with van der Waals surface area (Å²) >= 11 is 0. The van der Waals surface area contributed by atoms with E-state index in [-0.39, 0.29) is 12.0 Å². The quantitative estimate of drug-likeness (QED) is 0.367. The van der Waals surface area contributed by atoms with Crippen LogP contribution in [0.4, 0.5) is 0 Å². The standard InChI is InChI=1S/C29H29N3O3/c1-34-26-14-8-11-23(19-26)28-27(20-32(30-28)24-12-6-3-7-13-24)29(33)31-17-15-25(16-18-31)35-21-22-9-4-2-5-10-22/h2-14,19-20,25H,15-18,21H2,1H3. The minimum Gasteiger partial charge on any atom is -0.497 e. The lowest BCUT2D eigenvalue weighted by Gasteiger charge is -2.32. The van der Waals surface area contributed by atoms with Crippen LogP contribution in [0.25, 0.3) is 16.9 Å². The Balaban J connectivity index is 1.34. The van der Waals surface area contributed by atoms with Crippen molar-refractivity contribution >= 4 is 5.91 Å². The van der Waals surface area contributed by atoms with E-state index >= 15 is 0 Å². The Morgan fingerprint density at radius 1 is 0.943 bits per heavy atom. The molecule has 3 aromatic carbocycles. The summed E-state index contributed by atoms with van der Waals surface area (Å²) in [6.07, 6.45) is 3.63. The zero-order valence-corrected chi connectivity index (χ0v) is 19.8. The van der Waals surface area contributed by atoms with Crippen molar-refractivity contribution in [3.05, 3.63) is 102 Å². The smallest absolute Gasteiger partial charge is 0.257 e. The Labute approximate surface area is 205 Å². The number of hydrogen-bond acceptors (Lipinski definition) is 4. The summed E-state index contributed by atoms with van der Waals surface area (Å²) in [5, 5.41) is 4.81. The number of likely N-dealkylation sites (tertiary alicyclic amines) is 1. The SMILES string of the molecule is COc1cccc(-c2nn(-c3ccccc3)cc2C(=O)N2CCC(OCc3ccccc3)CC2)c1. The van der Waals surface area contributed by atoms with Crippen LogP contribution in [0, 0.1) is 0 Å². The number of nitrogens with zero attached hydrogens (tertiary/aromatic N) is 3. The van der Waals surface area contributed by atoms with Crippen molar-refractivity contribution in [1.29, 1.82) is 0 Å². The number of methoxy groups -OCH3 is 1. The van der Waals surface area contributed by atoms with Crippen LogP contribution in [-0.4, -0.2) is 46.9 Å². The van der Waals surface area contributed by atoms with E-state index in [2.05, 4.69) is 12.1 Å². The first-order chi connectivity index (χ1) is 17.2. The number of para-hydroxylation sites is 1. The van der Waals surface area contributed by atoms with Crippen molar-refractivity contribution in [3.63, 3.8) is 0 Å². The molecule has 35 heavy (non-hydrogen) atoms. The third kappa shape index (κ3) is 5.28. The average molecular weight is 468 g/mol. The average Bonchev–Trinajstić information content (AvgIpc) is 3.39. The summed E-state index contributed by atoms with van der Waals surface area (Å²) in [6.45, 7) is 1.92. The zero-order valence-electron chi connectivity index (χ0n) is 19.8. The number of amides is 1. The molecule has 0 unspecified atom stereocenters. The predicted octanol–water partition coefficient (Wildman–Crippen LogP) is 5.37. The molecule has 1 amide bonds. The highest BCUT2D eigenvalue weighted by molar-refractivity contribution is 6.00. The van der Waals surface area contributed by atoms with Gasteiger partial charge in [-0.25, -0.2) is 4.68 Å². The molecule has 6 nitrogen and oxygen atoms in total. The van der Waals surface area contributed by atoms with Gasteiger partial charge in [0.25, 0.3) is 5.91 Å². The maximum absolute atomic E-state index is 13.7. The lowest BCUT2D eigenvalue weighted by atomic mass is 10.0. The first-order valence-electron chi connectivity index (χ1n) is 12.0. The Hall–Kier alpha value is -3.90. The summed E-state index contributed by atoms with van der Waals surface area (Å²) in [7, 11) is 1.64. The second kappa shape index (κ2) is 10.6. The molecule has 6 heteroatoms. The first-order valence-corrected chi connectivity index (χ1v) is 12.0. The number of carbonyl (C=O) groups excluding carboxylic acids is 1. The van der Waals surface area contributed by atoms with E-state index in [4.69, 9.17) is 14.6 Å². The maximum atomic E-state index is 13.7. The van der Waals surface area contributed by atoms with Gasteiger partial charge in [-0.05, 0) is 42.7 Å². The molecule has 178 valence electrons. The second-order valence-electron chi connectivity index (χ2n) is 8.69. The van der Waals surface area contributed by atoms with Gasteiger partial charge in [0.15, 0.2) is 0 Å². The molecule has 0 aliphatic carbocycles. The lowest BCUT2D eigenvalue weighted by Crippen LogP contribution is -2.40. The summed E-state index contributed by atoms with van der Waals surface area (Å²) < 4.78 is 13.3. The topological polar surface area (TPSA) is 56.6 Å². The molecule has 1 aliphatic rings. The molecule has 1 aliphatic heterocycles. The highest BCUT2D eigenvalue weighted by Crippen LogP contribution is 2.29. The van der Waals surface area contributed by atoms with Gasteiger partial charge in [-0.3, -0.25) is 4.79 Å². The van der Waals surface area contributed by atoms with Gasteiger partial charge in [-0.1, -0.05) is 60.7 Å². The maximum Gasteiger partial charge on any atom is 0.257 e. The lowest BCUT2D eigenvalue weighted by molar-refractivity contribution is -0.000362. The Bertz CT molecular complexity index is 1260. The van der Waals surface area contributed by atoms with Crippen LogP contribution in [0.1, 0.15) is 28.8 Å². The Kier molecular flexibility index (Phi) is 6.91. The molecule has 1 fully saturated rings. The predicted molar refractivity (Wildman–Crippen MR) is 136 cm³/mol. The normalized spacial score (nSPS) is 14.1. The number of rotatable bonds is 7. The van der Waals surface area contributed by atoms with Crippen LogP contribution < -0.4 is 4.74 Å². The number of hydrogen-bond donors (Lipinski definition) is 0. The number of piperidine rings is 1. The van der Waals surface area contributed by atoms with Crippen molar-refractivity contribution in [3.8, 4) is 22.7 Å². The van der Waals surface area contributed by atoms with E-state index in [0.717, 1.165) is 29.8 Å². The van der Waals surface area contributed by atoms with Gasteiger partial charge >= 0.3 is 0 Å². The molecule has 0 radical (unpaired) electrons. The molecule has 0 atom stereocenters. The summed E-state index contributed by atoms with van der Waals surface area (Å²) in [5.74, 6) is 0.720. The van der Waals surface area contributed by atoms with Crippen LogP contribution in [0.15, 0.2) is 91.1 Å². The van der Waals surface area contributed by atoms with Gasteiger partial charge in [0.05, 0.1) is 31.1 Å². The van der Waals surface area contributed by atoms with Crippen LogP contribution in [0.5, 0.6) is 5.75 Å². The highest BCUT2D eigenvalue weighted by atomic mass is 16.5. The van der Waals surface area contributed by atoms with Crippen molar-refractivity contribution in [1.82, 2.24) is 14.7 Å². The summed E-state index contributed by atoms with van der Waals surface area (Å²) in [5.41, 5.74) is 4.17. The fourth-order valence-electron chi connectivity index (χ4n) is 4.41. The van der Waals surface area contributed by atoms with E-state index in [0.29, 0.717) is 31.0 Å². The van der Waals surface area contributed by atoms with Gasteiger partial charge in [0.1, 0.15) is 11.4 Å². The zero-order chi connectivity index (χ0) is 24.0. The molecule has 4 aromatic rings. The largest absolute Gasteiger partial charge is 0.497 e. The minimum absolute atomic E-state index is 0.00786. The van der Waals surface area contributed by atoms with E-state index in [9.17, 15) is 4.79 Å². The third-order valence-electron chi connectivity index (χ3n) is 6.37. The molecule has 0 spiro atoms.